The summed E-state index contributed by atoms with van der Waals surface area (Å²) in [7, 11) is 0. The molecular weight excluding hydrogens is 591 g/mol. The van der Waals surface area contributed by atoms with Crippen molar-refractivity contribution >= 4 is 35.2 Å². The third kappa shape index (κ3) is 9.93. The lowest BCUT2D eigenvalue weighted by Crippen LogP contribution is -2.52. The standard InChI is InChI=1S/C24H20F7N3O8/c1-10(32-22(39)23(40)33-11-2-4-12(5-3-11)42-24(29,30)31)21(38)34-15(6-7-17(36)37)16(35)9-41-20-18(27)13(25)8-14(26)19(20)28/h2-5,8,10,15H,6-7,9H2,1H3,(H,32,39)(H,33,40)(H,34,38)(H,36,37). The van der Waals surface area contributed by atoms with E-state index in [9.17, 15) is 54.7 Å². The van der Waals surface area contributed by atoms with Gasteiger partial charge in [0.2, 0.25) is 17.5 Å². The molecule has 3 amide bonds. The number of rotatable bonds is 12. The molecule has 228 valence electrons. The summed E-state index contributed by atoms with van der Waals surface area (Å²) in [5.74, 6) is -16.2. The van der Waals surface area contributed by atoms with Crippen LogP contribution in [0.25, 0.3) is 0 Å². The number of alkyl halides is 3. The highest BCUT2D eigenvalue weighted by molar-refractivity contribution is 6.40. The molecule has 0 aliphatic carbocycles. The fourth-order valence-electron chi connectivity index (χ4n) is 3.06. The molecule has 18 heteroatoms. The van der Waals surface area contributed by atoms with Gasteiger partial charge in [0, 0.05) is 18.2 Å². The average Bonchev–Trinajstić information content (AvgIpc) is 2.89. The summed E-state index contributed by atoms with van der Waals surface area (Å²) in [5.41, 5.74) is -0.118. The minimum absolute atomic E-state index is 0.103. The molecule has 0 radical (unpaired) electrons. The first kappa shape index (κ1) is 33.3. The highest BCUT2D eigenvalue weighted by atomic mass is 19.4. The van der Waals surface area contributed by atoms with Crippen LogP contribution in [0.1, 0.15) is 19.8 Å². The highest BCUT2D eigenvalue weighted by Gasteiger charge is 2.31. The lowest BCUT2D eigenvalue weighted by atomic mass is 10.1. The molecule has 0 aliphatic heterocycles. The fourth-order valence-corrected chi connectivity index (χ4v) is 3.06. The average molecular weight is 611 g/mol. The number of benzene rings is 2. The number of carbonyl (C=O) groups is 5. The summed E-state index contributed by atoms with van der Waals surface area (Å²) < 4.78 is 99.2. The van der Waals surface area contributed by atoms with E-state index in [0.29, 0.717) is 0 Å². The third-order valence-corrected chi connectivity index (χ3v) is 5.08. The molecule has 42 heavy (non-hydrogen) atoms. The molecule has 0 saturated heterocycles. The zero-order valence-corrected chi connectivity index (χ0v) is 21.1. The second kappa shape index (κ2) is 14.1. The monoisotopic (exact) mass is 611 g/mol. The van der Waals surface area contributed by atoms with Crippen molar-refractivity contribution < 1.29 is 69.3 Å². The second-order valence-corrected chi connectivity index (χ2v) is 8.27. The van der Waals surface area contributed by atoms with Crippen LogP contribution in [0.3, 0.4) is 0 Å². The molecule has 0 bridgehead atoms. The molecule has 0 aromatic heterocycles. The molecule has 0 heterocycles. The number of hydrogen-bond acceptors (Lipinski definition) is 7. The van der Waals surface area contributed by atoms with Gasteiger partial charge in [0.25, 0.3) is 0 Å². The maximum Gasteiger partial charge on any atom is 0.573 e. The smallest absolute Gasteiger partial charge is 0.481 e. The van der Waals surface area contributed by atoms with Crippen LogP contribution in [-0.4, -0.2) is 59.6 Å². The molecule has 2 rings (SSSR count). The number of carboxylic acids is 1. The van der Waals surface area contributed by atoms with Gasteiger partial charge in [-0.05, 0) is 37.6 Å². The summed E-state index contributed by atoms with van der Waals surface area (Å²) in [4.78, 5) is 60.2. The van der Waals surface area contributed by atoms with E-state index in [2.05, 4.69) is 14.8 Å². The Morgan fingerprint density at radius 1 is 0.905 bits per heavy atom. The Morgan fingerprint density at radius 3 is 2.00 bits per heavy atom. The van der Waals surface area contributed by atoms with Crippen molar-refractivity contribution in [1.82, 2.24) is 10.6 Å². The summed E-state index contributed by atoms with van der Waals surface area (Å²) >= 11 is 0. The maximum atomic E-state index is 13.8. The summed E-state index contributed by atoms with van der Waals surface area (Å²) in [6.45, 7) is -0.212. The summed E-state index contributed by atoms with van der Waals surface area (Å²) in [5, 5.41) is 15.0. The summed E-state index contributed by atoms with van der Waals surface area (Å²) in [6.07, 6.45) is -6.24. The van der Waals surface area contributed by atoms with Crippen molar-refractivity contribution in [1.29, 1.82) is 0 Å². The Labute approximate surface area is 231 Å². The molecule has 0 fully saturated rings. The van der Waals surface area contributed by atoms with Gasteiger partial charge in [-0.25, -0.2) is 8.78 Å². The molecule has 11 nitrogen and oxygen atoms in total. The molecular formula is C24H20F7N3O8. The van der Waals surface area contributed by atoms with Gasteiger partial charge in [-0.1, -0.05) is 0 Å². The molecule has 4 N–H and O–H groups in total. The van der Waals surface area contributed by atoms with Crippen LogP contribution in [-0.2, 0) is 24.0 Å². The van der Waals surface area contributed by atoms with E-state index >= 15 is 0 Å². The molecule has 0 aliphatic rings. The Morgan fingerprint density at radius 2 is 1.48 bits per heavy atom. The first-order valence-corrected chi connectivity index (χ1v) is 11.5. The maximum absolute atomic E-state index is 13.8. The fraction of sp³-hybridized carbons (Fsp3) is 0.292. The number of nitrogens with one attached hydrogen (secondary N) is 3. The van der Waals surface area contributed by atoms with Crippen molar-refractivity contribution in [3.63, 3.8) is 0 Å². The number of anilines is 1. The number of Topliss-reactive ketones (excluding diaryl/α,β-unsaturated/α-hetero) is 1. The van der Waals surface area contributed by atoms with Crippen LogP contribution in [0.4, 0.5) is 36.4 Å². The number of aliphatic carboxylic acids is 1. The van der Waals surface area contributed by atoms with Crippen molar-refractivity contribution in [2.45, 2.75) is 38.2 Å². The number of halogens is 7. The van der Waals surface area contributed by atoms with Crippen molar-refractivity contribution in [3.8, 4) is 11.5 Å². The van der Waals surface area contributed by atoms with E-state index in [1.807, 2.05) is 10.6 Å². The zero-order valence-electron chi connectivity index (χ0n) is 21.1. The normalized spacial score (nSPS) is 12.5. The Hall–Kier alpha value is -4.90. The SMILES string of the molecule is CC(NC(=O)C(=O)Nc1ccc(OC(F)(F)F)cc1)C(=O)NC(CCC(=O)O)C(=O)COc1c(F)c(F)cc(F)c1F. The third-order valence-electron chi connectivity index (χ3n) is 5.08. The number of ketones is 1. The van der Waals surface area contributed by atoms with Gasteiger partial charge in [-0.3, -0.25) is 24.0 Å². The molecule has 2 atom stereocenters. The van der Waals surface area contributed by atoms with Gasteiger partial charge in [0.1, 0.15) is 18.4 Å². The Bertz CT molecular complexity index is 1330. The lowest BCUT2D eigenvalue weighted by molar-refractivity contribution is -0.274. The van der Waals surface area contributed by atoms with Gasteiger partial charge >= 0.3 is 24.1 Å². The first-order valence-electron chi connectivity index (χ1n) is 11.5. The number of ether oxygens (including phenoxy) is 2. The predicted molar refractivity (Wildman–Crippen MR) is 125 cm³/mol. The molecule has 0 spiro atoms. The quantitative estimate of drug-likeness (QED) is 0.162. The van der Waals surface area contributed by atoms with Crippen LogP contribution in [0.5, 0.6) is 11.5 Å². The van der Waals surface area contributed by atoms with Crippen LogP contribution in [0.15, 0.2) is 30.3 Å². The van der Waals surface area contributed by atoms with E-state index in [4.69, 9.17) is 5.11 Å². The lowest BCUT2D eigenvalue weighted by Gasteiger charge is -2.20. The number of carboxylic acid groups (broad SMARTS) is 1. The largest absolute Gasteiger partial charge is 0.573 e. The van der Waals surface area contributed by atoms with Crippen LogP contribution in [0, 0.1) is 23.3 Å². The molecule has 2 aromatic rings. The topological polar surface area (TPSA) is 160 Å². The number of carbonyl (C=O) groups excluding carboxylic acids is 4. The van der Waals surface area contributed by atoms with Crippen LogP contribution >= 0.6 is 0 Å². The number of hydrogen-bond donors (Lipinski definition) is 4. The van der Waals surface area contributed by atoms with E-state index < -0.39 is 102 Å². The van der Waals surface area contributed by atoms with Gasteiger partial charge in [0.15, 0.2) is 23.2 Å². The van der Waals surface area contributed by atoms with Crippen molar-refractivity contribution in [3.05, 3.63) is 53.6 Å². The van der Waals surface area contributed by atoms with Gasteiger partial charge in [-0.2, -0.15) is 8.78 Å². The van der Waals surface area contributed by atoms with Gasteiger partial charge < -0.3 is 30.5 Å². The zero-order chi connectivity index (χ0) is 31.8. The van der Waals surface area contributed by atoms with E-state index in [1.54, 1.807) is 0 Å². The van der Waals surface area contributed by atoms with E-state index in [0.717, 1.165) is 31.2 Å². The predicted octanol–water partition coefficient (Wildman–Crippen LogP) is 2.58. The second-order valence-electron chi connectivity index (χ2n) is 8.27. The van der Waals surface area contributed by atoms with Gasteiger partial charge in [-0.15, -0.1) is 13.2 Å². The number of amides is 3. The summed E-state index contributed by atoms with van der Waals surface area (Å²) in [6, 6.07) is 0.334. The highest BCUT2D eigenvalue weighted by Crippen LogP contribution is 2.27. The van der Waals surface area contributed by atoms with E-state index in [1.165, 1.54) is 0 Å². The first-order chi connectivity index (χ1) is 19.5. The molecule has 2 aromatic carbocycles. The Balaban J connectivity index is 2.00. The van der Waals surface area contributed by atoms with Crippen molar-refractivity contribution in [2.75, 3.05) is 11.9 Å². The van der Waals surface area contributed by atoms with Crippen LogP contribution < -0.4 is 25.4 Å². The minimum atomic E-state index is -4.96. The Kier molecular flexibility index (Phi) is 11.2. The van der Waals surface area contributed by atoms with Crippen LogP contribution in [0.2, 0.25) is 0 Å². The molecule has 2 unspecified atom stereocenters. The van der Waals surface area contributed by atoms with Crippen molar-refractivity contribution in [2.24, 2.45) is 0 Å². The molecule has 0 saturated carbocycles. The van der Waals surface area contributed by atoms with E-state index in [-0.39, 0.29) is 11.8 Å². The minimum Gasteiger partial charge on any atom is -0.481 e. The van der Waals surface area contributed by atoms with Gasteiger partial charge in [0.05, 0.1) is 6.04 Å².